The molecule has 0 aliphatic carbocycles. The molecule has 0 aliphatic rings. The molecule has 2 N–H and O–H groups in total. The predicted octanol–water partition coefficient (Wildman–Crippen LogP) is 2.82. The van der Waals surface area contributed by atoms with Gasteiger partial charge in [-0.3, -0.25) is 4.98 Å². The quantitative estimate of drug-likeness (QED) is 0.853. The van der Waals surface area contributed by atoms with E-state index >= 15 is 0 Å². The topological polar surface area (TPSA) is 38.9 Å². The molecule has 2 aromatic rings. The Balaban J connectivity index is 2.42. The summed E-state index contributed by atoms with van der Waals surface area (Å²) in [5.41, 5.74) is 9.34. The molecule has 0 unspecified atom stereocenters. The number of rotatable bonds is 3. The molecule has 2 nitrogen and oxygen atoms in total. The molecule has 0 bridgehead atoms. The molecule has 84 valence electrons. The monoisotopic (exact) mass is 214 g/mol. The molecule has 2 rings (SSSR count). The molecule has 16 heavy (non-hydrogen) atoms. The lowest BCUT2D eigenvalue weighted by atomic mass is 10.0. The van der Waals surface area contributed by atoms with Crippen molar-refractivity contribution in [2.75, 3.05) is 0 Å². The Kier molecular flexibility index (Phi) is 3.20. The van der Waals surface area contributed by atoms with E-state index in [-0.39, 0.29) is 6.04 Å². The van der Waals surface area contributed by atoms with Gasteiger partial charge in [-0.05, 0) is 44.4 Å². The standard InChI is InChI=1S/C14H18N2/c1-10(15)7-8-12-9-11(2)16-14-6-4-3-5-13(12)14/h3-6,9-10H,7-8,15H2,1-2H3/t10-/m0/s1. The zero-order chi connectivity index (χ0) is 11.5. The first kappa shape index (κ1) is 11.1. The molecule has 0 aliphatic heterocycles. The molecule has 0 amide bonds. The van der Waals surface area contributed by atoms with Crippen molar-refractivity contribution in [1.82, 2.24) is 4.98 Å². The maximum atomic E-state index is 5.81. The van der Waals surface area contributed by atoms with Crippen molar-refractivity contribution in [3.63, 3.8) is 0 Å². The van der Waals surface area contributed by atoms with E-state index < -0.39 is 0 Å². The summed E-state index contributed by atoms with van der Waals surface area (Å²) in [7, 11) is 0. The minimum Gasteiger partial charge on any atom is -0.328 e. The highest BCUT2D eigenvalue weighted by atomic mass is 14.7. The number of nitrogens with zero attached hydrogens (tertiary/aromatic N) is 1. The lowest BCUT2D eigenvalue weighted by molar-refractivity contribution is 0.667. The molecule has 0 fully saturated rings. The second-order valence-electron chi connectivity index (χ2n) is 4.46. The van der Waals surface area contributed by atoms with Gasteiger partial charge in [0, 0.05) is 17.1 Å². The Morgan fingerprint density at radius 1 is 1.31 bits per heavy atom. The largest absolute Gasteiger partial charge is 0.328 e. The van der Waals surface area contributed by atoms with Crippen LogP contribution in [-0.4, -0.2) is 11.0 Å². The smallest absolute Gasteiger partial charge is 0.0707 e. The fraction of sp³-hybridized carbons (Fsp3) is 0.357. The van der Waals surface area contributed by atoms with Crippen molar-refractivity contribution in [3.8, 4) is 0 Å². The van der Waals surface area contributed by atoms with Crippen molar-refractivity contribution in [1.29, 1.82) is 0 Å². The number of benzene rings is 1. The molecule has 0 saturated carbocycles. The number of hydrogen-bond acceptors (Lipinski definition) is 2. The number of para-hydroxylation sites is 1. The molecule has 0 saturated heterocycles. The van der Waals surface area contributed by atoms with Crippen LogP contribution in [0.1, 0.15) is 24.6 Å². The lowest BCUT2D eigenvalue weighted by Gasteiger charge is -2.09. The van der Waals surface area contributed by atoms with Crippen molar-refractivity contribution in [3.05, 3.63) is 41.6 Å². The number of fused-ring (bicyclic) bond motifs is 1. The molecule has 0 radical (unpaired) electrons. The SMILES string of the molecule is Cc1cc(CC[C@H](C)N)c2ccccc2n1. The highest BCUT2D eigenvalue weighted by Gasteiger charge is 2.04. The van der Waals surface area contributed by atoms with E-state index in [1.807, 2.05) is 13.0 Å². The van der Waals surface area contributed by atoms with E-state index in [9.17, 15) is 0 Å². The van der Waals surface area contributed by atoms with E-state index in [0.717, 1.165) is 24.1 Å². The highest BCUT2D eigenvalue weighted by molar-refractivity contribution is 5.82. The Morgan fingerprint density at radius 3 is 2.81 bits per heavy atom. The van der Waals surface area contributed by atoms with Crippen molar-refractivity contribution in [2.24, 2.45) is 5.73 Å². The van der Waals surface area contributed by atoms with Gasteiger partial charge >= 0.3 is 0 Å². The molecular formula is C14H18N2. The fourth-order valence-electron chi connectivity index (χ4n) is 1.98. The molecule has 1 aromatic carbocycles. The molecule has 1 atom stereocenters. The minimum atomic E-state index is 0.257. The van der Waals surface area contributed by atoms with Crippen LogP contribution < -0.4 is 5.73 Å². The number of hydrogen-bond donors (Lipinski definition) is 1. The number of aromatic nitrogens is 1. The molecule has 0 spiro atoms. The van der Waals surface area contributed by atoms with Crippen LogP contribution in [0, 0.1) is 6.92 Å². The van der Waals surface area contributed by atoms with Crippen LogP contribution in [0.2, 0.25) is 0 Å². The maximum absolute atomic E-state index is 5.81. The van der Waals surface area contributed by atoms with Gasteiger partial charge in [0.05, 0.1) is 5.52 Å². The summed E-state index contributed by atoms with van der Waals surface area (Å²) in [6.07, 6.45) is 2.05. The van der Waals surface area contributed by atoms with E-state index in [2.05, 4.69) is 36.2 Å². The lowest BCUT2D eigenvalue weighted by Crippen LogP contribution is -2.15. The molecule has 1 aromatic heterocycles. The van der Waals surface area contributed by atoms with E-state index in [1.54, 1.807) is 0 Å². The van der Waals surface area contributed by atoms with Gasteiger partial charge in [-0.15, -0.1) is 0 Å². The first-order valence-electron chi connectivity index (χ1n) is 5.77. The summed E-state index contributed by atoms with van der Waals surface area (Å²) in [5.74, 6) is 0. The Labute approximate surface area is 96.5 Å². The average molecular weight is 214 g/mol. The first-order valence-corrected chi connectivity index (χ1v) is 5.77. The number of nitrogens with two attached hydrogens (primary N) is 1. The van der Waals surface area contributed by atoms with Crippen LogP contribution in [0.5, 0.6) is 0 Å². The second-order valence-corrected chi connectivity index (χ2v) is 4.46. The van der Waals surface area contributed by atoms with Gasteiger partial charge in [0.25, 0.3) is 0 Å². The van der Waals surface area contributed by atoms with Crippen LogP contribution >= 0.6 is 0 Å². The summed E-state index contributed by atoms with van der Waals surface area (Å²) in [4.78, 5) is 4.53. The van der Waals surface area contributed by atoms with Crippen LogP contribution in [0.25, 0.3) is 10.9 Å². The van der Waals surface area contributed by atoms with E-state index in [1.165, 1.54) is 10.9 Å². The normalized spacial score (nSPS) is 12.9. The van der Waals surface area contributed by atoms with E-state index in [0.29, 0.717) is 0 Å². The van der Waals surface area contributed by atoms with Gasteiger partial charge in [0.2, 0.25) is 0 Å². The van der Waals surface area contributed by atoms with E-state index in [4.69, 9.17) is 5.73 Å². The average Bonchev–Trinajstić information content (AvgIpc) is 2.25. The van der Waals surface area contributed by atoms with Crippen LogP contribution in [-0.2, 0) is 6.42 Å². The number of pyridine rings is 1. The molecule has 2 heteroatoms. The van der Waals surface area contributed by atoms with Gasteiger partial charge < -0.3 is 5.73 Å². The van der Waals surface area contributed by atoms with Crippen LogP contribution in [0.3, 0.4) is 0 Å². The Hall–Kier alpha value is -1.41. The highest BCUT2D eigenvalue weighted by Crippen LogP contribution is 2.19. The van der Waals surface area contributed by atoms with Crippen molar-refractivity contribution >= 4 is 10.9 Å². The summed E-state index contributed by atoms with van der Waals surface area (Å²) in [6.45, 7) is 4.10. The summed E-state index contributed by atoms with van der Waals surface area (Å²) < 4.78 is 0. The third kappa shape index (κ3) is 2.39. The fourth-order valence-corrected chi connectivity index (χ4v) is 1.98. The third-order valence-electron chi connectivity index (χ3n) is 2.80. The zero-order valence-electron chi connectivity index (χ0n) is 9.90. The van der Waals surface area contributed by atoms with Gasteiger partial charge in [0.1, 0.15) is 0 Å². The van der Waals surface area contributed by atoms with Gasteiger partial charge in [-0.2, -0.15) is 0 Å². The van der Waals surface area contributed by atoms with Gasteiger partial charge in [-0.25, -0.2) is 0 Å². The predicted molar refractivity (Wildman–Crippen MR) is 68.5 cm³/mol. The first-order chi connectivity index (χ1) is 7.66. The van der Waals surface area contributed by atoms with Crippen molar-refractivity contribution < 1.29 is 0 Å². The van der Waals surface area contributed by atoms with Crippen LogP contribution in [0.4, 0.5) is 0 Å². The summed E-state index contributed by atoms with van der Waals surface area (Å²) in [6, 6.07) is 10.7. The second kappa shape index (κ2) is 4.62. The molecule has 1 heterocycles. The van der Waals surface area contributed by atoms with Crippen molar-refractivity contribution in [2.45, 2.75) is 32.7 Å². The van der Waals surface area contributed by atoms with Gasteiger partial charge in [0.15, 0.2) is 0 Å². The Morgan fingerprint density at radius 2 is 2.06 bits per heavy atom. The zero-order valence-corrected chi connectivity index (χ0v) is 9.90. The maximum Gasteiger partial charge on any atom is 0.0707 e. The Bertz CT molecular complexity index is 489. The minimum absolute atomic E-state index is 0.257. The number of aryl methyl sites for hydroxylation is 2. The summed E-state index contributed by atoms with van der Waals surface area (Å²) in [5, 5.41) is 1.26. The van der Waals surface area contributed by atoms with Gasteiger partial charge in [-0.1, -0.05) is 18.2 Å². The third-order valence-corrected chi connectivity index (χ3v) is 2.80. The summed E-state index contributed by atoms with van der Waals surface area (Å²) >= 11 is 0. The molecular weight excluding hydrogens is 196 g/mol. The van der Waals surface area contributed by atoms with Crippen LogP contribution in [0.15, 0.2) is 30.3 Å².